The summed E-state index contributed by atoms with van der Waals surface area (Å²) in [7, 11) is -1.58. The number of rotatable bonds is 4. The van der Waals surface area contributed by atoms with Gasteiger partial charge >= 0.3 is 7.12 Å². The second-order valence-electron chi connectivity index (χ2n) is 3.82. The van der Waals surface area contributed by atoms with Crippen LogP contribution >= 0.6 is 23.2 Å². The van der Waals surface area contributed by atoms with E-state index in [1.165, 1.54) is 18.5 Å². The number of benzene rings is 1. The lowest BCUT2D eigenvalue weighted by Crippen LogP contribution is -2.30. The molecule has 1 aromatic heterocycles. The van der Waals surface area contributed by atoms with Gasteiger partial charge in [-0.25, -0.2) is 0 Å². The van der Waals surface area contributed by atoms with Crippen LogP contribution < -0.4 is 10.2 Å². The zero-order valence-electron chi connectivity index (χ0n) is 9.75. The Morgan fingerprint density at radius 1 is 1.16 bits per heavy atom. The predicted molar refractivity (Wildman–Crippen MR) is 74.9 cm³/mol. The molecule has 0 saturated carbocycles. The molecule has 0 aliphatic heterocycles. The van der Waals surface area contributed by atoms with Gasteiger partial charge in [-0.15, -0.1) is 0 Å². The summed E-state index contributed by atoms with van der Waals surface area (Å²) in [5.74, 6) is 0.404. The van der Waals surface area contributed by atoms with Crippen LogP contribution in [0, 0.1) is 0 Å². The van der Waals surface area contributed by atoms with Gasteiger partial charge in [0.1, 0.15) is 12.4 Å². The van der Waals surface area contributed by atoms with Gasteiger partial charge in [0, 0.05) is 27.3 Å². The summed E-state index contributed by atoms with van der Waals surface area (Å²) in [6.45, 7) is 0.172. The first-order valence-electron chi connectivity index (χ1n) is 5.44. The first kappa shape index (κ1) is 14.2. The van der Waals surface area contributed by atoms with Crippen molar-refractivity contribution in [2.75, 3.05) is 0 Å². The number of hydrogen-bond donors (Lipinski definition) is 2. The van der Waals surface area contributed by atoms with Gasteiger partial charge < -0.3 is 14.8 Å². The Hall–Kier alpha value is -1.27. The largest absolute Gasteiger partial charge is 0.490 e. The SMILES string of the molecule is OB(O)c1cncc(OCc2c(Cl)cccc2Cl)c1. The predicted octanol–water partition coefficient (Wildman–Crippen LogP) is 1.65. The second-order valence-corrected chi connectivity index (χ2v) is 4.63. The Morgan fingerprint density at radius 3 is 2.47 bits per heavy atom. The average Bonchev–Trinajstić information content (AvgIpc) is 2.38. The van der Waals surface area contributed by atoms with Crippen LogP contribution in [-0.2, 0) is 6.61 Å². The molecule has 0 amide bonds. The third-order valence-electron chi connectivity index (χ3n) is 2.48. The summed E-state index contributed by atoms with van der Waals surface area (Å²) in [4.78, 5) is 3.85. The van der Waals surface area contributed by atoms with Crippen LogP contribution in [0.5, 0.6) is 5.75 Å². The van der Waals surface area contributed by atoms with Crippen LogP contribution in [0.4, 0.5) is 0 Å². The van der Waals surface area contributed by atoms with Gasteiger partial charge in [-0.1, -0.05) is 29.3 Å². The zero-order valence-corrected chi connectivity index (χ0v) is 11.3. The third kappa shape index (κ3) is 3.61. The van der Waals surface area contributed by atoms with Crippen molar-refractivity contribution in [3.63, 3.8) is 0 Å². The summed E-state index contributed by atoms with van der Waals surface area (Å²) in [5, 5.41) is 19.1. The minimum atomic E-state index is -1.58. The van der Waals surface area contributed by atoms with Crippen molar-refractivity contribution >= 4 is 35.8 Å². The maximum Gasteiger partial charge on any atom is 0.490 e. The van der Waals surface area contributed by atoms with E-state index < -0.39 is 7.12 Å². The Bertz CT molecular complexity index is 560. The topological polar surface area (TPSA) is 62.6 Å². The Labute approximate surface area is 120 Å². The van der Waals surface area contributed by atoms with Gasteiger partial charge in [-0.3, -0.25) is 4.98 Å². The standard InChI is InChI=1S/C12H10BCl2NO3/c14-11-2-1-3-12(15)10(11)7-19-9-4-8(13(17)18)5-16-6-9/h1-6,17-18H,7H2. The molecule has 0 fully saturated rings. The number of pyridine rings is 1. The molecule has 0 spiro atoms. The maximum absolute atomic E-state index is 9.04. The second kappa shape index (κ2) is 6.26. The van der Waals surface area contributed by atoms with Crippen molar-refractivity contribution < 1.29 is 14.8 Å². The van der Waals surface area contributed by atoms with Gasteiger partial charge in [0.05, 0.1) is 6.20 Å². The summed E-state index contributed by atoms with van der Waals surface area (Å²) < 4.78 is 5.49. The van der Waals surface area contributed by atoms with E-state index >= 15 is 0 Å². The van der Waals surface area contributed by atoms with Crippen LogP contribution in [0.2, 0.25) is 10.0 Å². The molecule has 0 aliphatic rings. The fourth-order valence-electron chi connectivity index (χ4n) is 1.48. The molecule has 0 saturated heterocycles. The van der Waals surface area contributed by atoms with E-state index in [9.17, 15) is 0 Å². The fraction of sp³-hybridized carbons (Fsp3) is 0.0833. The number of aromatic nitrogens is 1. The molecule has 1 aromatic carbocycles. The van der Waals surface area contributed by atoms with Crippen molar-refractivity contribution in [1.82, 2.24) is 4.98 Å². The number of hydrogen-bond acceptors (Lipinski definition) is 4. The van der Waals surface area contributed by atoms with Crippen molar-refractivity contribution in [2.45, 2.75) is 6.61 Å². The quantitative estimate of drug-likeness (QED) is 0.843. The van der Waals surface area contributed by atoms with Crippen LogP contribution in [0.15, 0.2) is 36.7 Å². The van der Waals surface area contributed by atoms with E-state index in [4.69, 9.17) is 38.0 Å². The molecular weight excluding hydrogens is 288 g/mol. The molecular formula is C12H10BCl2NO3. The normalized spacial score (nSPS) is 10.3. The molecule has 98 valence electrons. The van der Waals surface area contributed by atoms with E-state index in [2.05, 4.69) is 4.98 Å². The molecule has 4 nitrogen and oxygen atoms in total. The molecule has 2 aromatic rings. The van der Waals surface area contributed by atoms with Gasteiger partial charge in [0.25, 0.3) is 0 Å². The molecule has 0 aliphatic carbocycles. The minimum absolute atomic E-state index is 0.172. The average molecular weight is 298 g/mol. The number of nitrogens with zero attached hydrogens (tertiary/aromatic N) is 1. The van der Waals surface area contributed by atoms with E-state index in [1.54, 1.807) is 18.2 Å². The summed E-state index contributed by atoms with van der Waals surface area (Å²) in [6, 6.07) is 6.68. The van der Waals surface area contributed by atoms with Crippen molar-refractivity contribution in [2.24, 2.45) is 0 Å². The highest BCUT2D eigenvalue weighted by Gasteiger charge is 2.12. The third-order valence-corrected chi connectivity index (χ3v) is 3.19. The first-order chi connectivity index (χ1) is 9.08. The molecule has 0 unspecified atom stereocenters. The minimum Gasteiger partial charge on any atom is -0.487 e. The molecule has 2 rings (SSSR count). The van der Waals surface area contributed by atoms with Crippen LogP contribution in [0.25, 0.3) is 0 Å². The van der Waals surface area contributed by atoms with E-state index in [0.29, 0.717) is 21.4 Å². The molecule has 19 heavy (non-hydrogen) atoms. The molecule has 7 heteroatoms. The Balaban J connectivity index is 2.12. The van der Waals surface area contributed by atoms with E-state index in [1.807, 2.05) is 0 Å². The Kier molecular flexibility index (Phi) is 4.66. The van der Waals surface area contributed by atoms with E-state index in [0.717, 1.165) is 0 Å². The van der Waals surface area contributed by atoms with Gasteiger partial charge in [0.15, 0.2) is 0 Å². The first-order valence-corrected chi connectivity index (χ1v) is 6.20. The zero-order chi connectivity index (χ0) is 13.8. The highest BCUT2D eigenvalue weighted by atomic mass is 35.5. The molecule has 2 N–H and O–H groups in total. The fourth-order valence-corrected chi connectivity index (χ4v) is 1.99. The van der Waals surface area contributed by atoms with Gasteiger partial charge in [-0.2, -0.15) is 0 Å². The van der Waals surface area contributed by atoms with Crippen molar-refractivity contribution in [3.05, 3.63) is 52.3 Å². The summed E-state index contributed by atoms with van der Waals surface area (Å²) in [5.41, 5.74) is 0.920. The van der Waals surface area contributed by atoms with Crippen molar-refractivity contribution in [1.29, 1.82) is 0 Å². The van der Waals surface area contributed by atoms with Crippen LogP contribution in [0.1, 0.15) is 5.56 Å². The maximum atomic E-state index is 9.04. The lowest BCUT2D eigenvalue weighted by molar-refractivity contribution is 0.305. The smallest absolute Gasteiger partial charge is 0.487 e. The number of ether oxygens (including phenoxy) is 1. The molecule has 0 atom stereocenters. The number of halogens is 2. The Morgan fingerprint density at radius 2 is 1.84 bits per heavy atom. The highest BCUT2D eigenvalue weighted by Crippen LogP contribution is 2.25. The van der Waals surface area contributed by atoms with Crippen molar-refractivity contribution in [3.8, 4) is 5.75 Å². The lowest BCUT2D eigenvalue weighted by atomic mass is 9.82. The summed E-state index contributed by atoms with van der Waals surface area (Å²) >= 11 is 12.0. The van der Waals surface area contributed by atoms with Crippen LogP contribution in [-0.4, -0.2) is 22.2 Å². The summed E-state index contributed by atoms with van der Waals surface area (Å²) in [6.07, 6.45) is 2.82. The highest BCUT2D eigenvalue weighted by molar-refractivity contribution is 6.58. The monoisotopic (exact) mass is 297 g/mol. The molecule has 0 bridgehead atoms. The van der Waals surface area contributed by atoms with Crippen LogP contribution in [0.3, 0.4) is 0 Å². The van der Waals surface area contributed by atoms with E-state index in [-0.39, 0.29) is 12.1 Å². The molecule has 1 heterocycles. The van der Waals surface area contributed by atoms with Gasteiger partial charge in [-0.05, 0) is 18.2 Å². The lowest BCUT2D eigenvalue weighted by Gasteiger charge is -2.10. The van der Waals surface area contributed by atoms with Gasteiger partial charge in [0.2, 0.25) is 0 Å². The molecule has 0 radical (unpaired) electrons.